The number of nitrogens with zero attached hydrogens (tertiary/aromatic N) is 4. The van der Waals surface area contributed by atoms with E-state index in [1.54, 1.807) is 28.8 Å². The number of carbonyl (C=O) groups is 1. The molecule has 2 fully saturated rings. The van der Waals surface area contributed by atoms with Crippen molar-refractivity contribution in [3.8, 4) is 0 Å². The Balaban J connectivity index is 1.29. The Morgan fingerprint density at radius 1 is 1.09 bits per heavy atom. The Kier molecular flexibility index (Phi) is 6.19. The molecule has 0 spiro atoms. The predicted molar refractivity (Wildman–Crippen MR) is 134 cm³/mol. The van der Waals surface area contributed by atoms with Crippen molar-refractivity contribution in [2.75, 3.05) is 37.6 Å². The average Bonchev–Trinajstić information content (AvgIpc) is 3.50. The third-order valence-electron chi connectivity index (χ3n) is 6.47. The number of fused-ring (bicyclic) bond motifs is 1. The van der Waals surface area contributed by atoms with Crippen LogP contribution in [0, 0.1) is 13.8 Å². The number of anilines is 1. The van der Waals surface area contributed by atoms with Crippen LogP contribution in [0.25, 0.3) is 10.2 Å². The standard InChI is InChI=1S/C23H28N4O3S3/c1-16-14-17(2)21-18(15-16)24-23(32-21)26-11-9-25(10-12-26)22(28)19-6-3-4-8-27(19)33(29,30)20-7-5-13-31-20/h5,7,13-15,19H,3-4,6,8-12H2,1-2H3. The van der Waals surface area contributed by atoms with E-state index in [0.717, 1.165) is 23.5 Å². The van der Waals surface area contributed by atoms with Gasteiger partial charge in [-0.25, -0.2) is 13.4 Å². The molecule has 0 bridgehead atoms. The minimum absolute atomic E-state index is 0.0646. The van der Waals surface area contributed by atoms with Crippen LogP contribution in [0.15, 0.2) is 33.9 Å². The van der Waals surface area contributed by atoms with Gasteiger partial charge in [0.1, 0.15) is 10.3 Å². The van der Waals surface area contributed by atoms with Gasteiger partial charge in [-0.15, -0.1) is 11.3 Å². The van der Waals surface area contributed by atoms with E-state index in [9.17, 15) is 13.2 Å². The van der Waals surface area contributed by atoms with E-state index in [0.29, 0.717) is 43.4 Å². The van der Waals surface area contributed by atoms with Crippen molar-refractivity contribution in [2.45, 2.75) is 43.4 Å². The second-order valence-electron chi connectivity index (χ2n) is 8.80. The van der Waals surface area contributed by atoms with E-state index in [2.05, 4.69) is 30.9 Å². The van der Waals surface area contributed by atoms with Crippen LogP contribution in [-0.4, -0.2) is 67.3 Å². The molecule has 176 valence electrons. The second kappa shape index (κ2) is 8.98. The molecule has 1 atom stereocenters. The summed E-state index contributed by atoms with van der Waals surface area (Å²) in [6.07, 6.45) is 2.25. The molecule has 2 aliphatic heterocycles. The van der Waals surface area contributed by atoms with Crippen molar-refractivity contribution in [2.24, 2.45) is 0 Å². The van der Waals surface area contributed by atoms with Crippen LogP contribution >= 0.6 is 22.7 Å². The topological polar surface area (TPSA) is 73.8 Å². The Labute approximate surface area is 202 Å². The summed E-state index contributed by atoms with van der Waals surface area (Å²) in [5.41, 5.74) is 3.48. The summed E-state index contributed by atoms with van der Waals surface area (Å²) in [6.45, 7) is 7.17. The van der Waals surface area contributed by atoms with Crippen LogP contribution in [0.3, 0.4) is 0 Å². The van der Waals surface area contributed by atoms with Crippen molar-refractivity contribution < 1.29 is 13.2 Å². The molecule has 1 amide bonds. The molecule has 0 aliphatic carbocycles. The Hall–Kier alpha value is -2.01. The van der Waals surface area contributed by atoms with Crippen LogP contribution < -0.4 is 4.90 Å². The zero-order valence-electron chi connectivity index (χ0n) is 18.9. The molecule has 2 aromatic heterocycles. The Bertz CT molecular complexity index is 1260. The second-order valence-corrected chi connectivity index (χ2v) is 12.8. The third kappa shape index (κ3) is 4.29. The summed E-state index contributed by atoms with van der Waals surface area (Å²) in [6, 6.07) is 7.05. The van der Waals surface area contributed by atoms with Crippen molar-refractivity contribution >= 4 is 54.0 Å². The van der Waals surface area contributed by atoms with Crippen LogP contribution in [0.2, 0.25) is 0 Å². The number of rotatable bonds is 4. The molecule has 4 heterocycles. The van der Waals surface area contributed by atoms with Gasteiger partial charge >= 0.3 is 0 Å². The zero-order chi connectivity index (χ0) is 23.2. The quantitative estimate of drug-likeness (QED) is 0.539. The van der Waals surface area contributed by atoms with Gasteiger partial charge in [0.15, 0.2) is 5.13 Å². The normalized spacial score (nSPS) is 20.5. The highest BCUT2D eigenvalue weighted by molar-refractivity contribution is 7.91. The molecule has 1 aromatic carbocycles. The molecule has 5 rings (SSSR count). The Morgan fingerprint density at radius 3 is 2.61 bits per heavy atom. The zero-order valence-corrected chi connectivity index (χ0v) is 21.3. The fourth-order valence-corrected chi connectivity index (χ4v) is 8.63. The number of piperidine rings is 1. The Morgan fingerprint density at radius 2 is 1.88 bits per heavy atom. The number of piperazine rings is 1. The fourth-order valence-electron chi connectivity index (χ4n) is 4.79. The number of amides is 1. The van der Waals surface area contributed by atoms with Crippen LogP contribution in [0.4, 0.5) is 5.13 Å². The molecule has 10 heteroatoms. The fraction of sp³-hybridized carbons (Fsp3) is 0.478. The van der Waals surface area contributed by atoms with Crippen molar-refractivity contribution in [3.05, 3.63) is 40.8 Å². The van der Waals surface area contributed by atoms with E-state index in [1.807, 2.05) is 4.90 Å². The van der Waals surface area contributed by atoms with Gasteiger partial charge in [0, 0.05) is 32.7 Å². The van der Waals surface area contributed by atoms with Crippen molar-refractivity contribution in [1.29, 1.82) is 0 Å². The van der Waals surface area contributed by atoms with E-state index in [-0.39, 0.29) is 5.91 Å². The molecular formula is C23H28N4O3S3. The SMILES string of the molecule is Cc1cc(C)c2sc(N3CCN(C(=O)C4CCCCN4S(=O)(=O)c4cccs4)CC3)nc2c1. The molecule has 0 saturated carbocycles. The van der Waals surface area contributed by atoms with E-state index in [4.69, 9.17) is 4.98 Å². The van der Waals surface area contributed by atoms with E-state index < -0.39 is 16.1 Å². The maximum absolute atomic E-state index is 13.4. The van der Waals surface area contributed by atoms with Crippen molar-refractivity contribution in [1.82, 2.24) is 14.2 Å². The lowest BCUT2D eigenvalue weighted by molar-refractivity contribution is -0.136. The first kappa shape index (κ1) is 22.8. The number of thiazole rings is 1. The number of hydrogen-bond donors (Lipinski definition) is 0. The van der Waals surface area contributed by atoms with Gasteiger partial charge in [-0.2, -0.15) is 4.31 Å². The van der Waals surface area contributed by atoms with Crippen LogP contribution in [0.5, 0.6) is 0 Å². The molecule has 3 aromatic rings. The minimum atomic E-state index is -3.64. The van der Waals surface area contributed by atoms with E-state index in [1.165, 1.54) is 31.5 Å². The maximum Gasteiger partial charge on any atom is 0.253 e. The predicted octanol–water partition coefficient (Wildman–Crippen LogP) is 3.87. The first-order chi connectivity index (χ1) is 15.8. The molecule has 2 aliphatic rings. The molecule has 1 unspecified atom stereocenters. The van der Waals surface area contributed by atoms with Crippen LogP contribution in [-0.2, 0) is 14.8 Å². The van der Waals surface area contributed by atoms with Gasteiger partial charge in [-0.05, 0) is 55.3 Å². The molecule has 0 N–H and O–H groups in total. The number of aryl methyl sites for hydroxylation is 2. The summed E-state index contributed by atoms with van der Waals surface area (Å²) in [5, 5.41) is 2.75. The monoisotopic (exact) mass is 504 g/mol. The number of sulfonamides is 1. The first-order valence-corrected chi connectivity index (χ1v) is 14.4. The number of aromatic nitrogens is 1. The smallest absolute Gasteiger partial charge is 0.253 e. The van der Waals surface area contributed by atoms with Gasteiger partial charge in [0.25, 0.3) is 10.0 Å². The highest BCUT2D eigenvalue weighted by Gasteiger charge is 2.40. The average molecular weight is 505 g/mol. The maximum atomic E-state index is 13.4. The summed E-state index contributed by atoms with van der Waals surface area (Å²) in [7, 11) is -3.64. The lowest BCUT2D eigenvalue weighted by Gasteiger charge is -2.40. The van der Waals surface area contributed by atoms with Gasteiger partial charge in [0.2, 0.25) is 5.91 Å². The van der Waals surface area contributed by atoms with Gasteiger partial charge in [0.05, 0.1) is 10.2 Å². The highest BCUT2D eigenvalue weighted by Crippen LogP contribution is 2.33. The third-order valence-corrected chi connectivity index (χ3v) is 11.0. The van der Waals surface area contributed by atoms with Gasteiger partial charge in [-0.3, -0.25) is 4.79 Å². The highest BCUT2D eigenvalue weighted by atomic mass is 32.2. The molecule has 33 heavy (non-hydrogen) atoms. The first-order valence-electron chi connectivity index (χ1n) is 11.3. The summed E-state index contributed by atoms with van der Waals surface area (Å²) in [5.74, 6) is -0.0646. The molecule has 2 saturated heterocycles. The lowest BCUT2D eigenvalue weighted by atomic mass is 10.0. The summed E-state index contributed by atoms with van der Waals surface area (Å²) >= 11 is 2.91. The number of thiophene rings is 1. The summed E-state index contributed by atoms with van der Waals surface area (Å²) < 4.78 is 29.3. The molecule has 7 nitrogen and oxygen atoms in total. The van der Waals surface area contributed by atoms with Crippen molar-refractivity contribution in [3.63, 3.8) is 0 Å². The van der Waals surface area contributed by atoms with Gasteiger partial charge < -0.3 is 9.80 Å². The largest absolute Gasteiger partial charge is 0.345 e. The number of benzene rings is 1. The van der Waals surface area contributed by atoms with Gasteiger partial charge in [-0.1, -0.05) is 29.9 Å². The number of hydrogen-bond acceptors (Lipinski definition) is 7. The lowest BCUT2D eigenvalue weighted by Crippen LogP contribution is -2.57. The van der Waals surface area contributed by atoms with Crippen LogP contribution in [0.1, 0.15) is 30.4 Å². The molecule has 0 radical (unpaired) electrons. The number of carbonyl (C=O) groups excluding carboxylic acids is 1. The molecular weight excluding hydrogens is 476 g/mol. The summed E-state index contributed by atoms with van der Waals surface area (Å²) in [4.78, 5) is 22.4. The minimum Gasteiger partial charge on any atom is -0.345 e. The van der Waals surface area contributed by atoms with E-state index >= 15 is 0 Å².